The van der Waals surface area contributed by atoms with Crippen LogP contribution in [0.3, 0.4) is 0 Å². The average Bonchev–Trinajstić information content (AvgIpc) is 2.86. The number of hydrogen-bond donors (Lipinski definition) is 0. The maximum absolute atomic E-state index is 12.1. The van der Waals surface area contributed by atoms with E-state index in [0.717, 1.165) is 26.9 Å². The molecule has 0 N–H and O–H groups in total. The first-order valence-electron chi connectivity index (χ1n) is 5.34. The predicted molar refractivity (Wildman–Crippen MR) is 68.1 cm³/mol. The van der Waals surface area contributed by atoms with Crippen LogP contribution >= 0.6 is 11.8 Å². The molecule has 0 radical (unpaired) electrons. The van der Waals surface area contributed by atoms with Gasteiger partial charge >= 0.3 is 0 Å². The van der Waals surface area contributed by atoms with Gasteiger partial charge in [-0.25, -0.2) is 0 Å². The van der Waals surface area contributed by atoms with E-state index in [1.807, 2.05) is 43.3 Å². The summed E-state index contributed by atoms with van der Waals surface area (Å²) in [5.74, 6) is 1.66. The zero-order valence-corrected chi connectivity index (χ0v) is 10.1. The summed E-state index contributed by atoms with van der Waals surface area (Å²) in [6, 6.07) is 11.4. The van der Waals surface area contributed by atoms with Crippen molar-refractivity contribution in [3.05, 3.63) is 58.4 Å². The van der Waals surface area contributed by atoms with Gasteiger partial charge in [0.1, 0.15) is 11.5 Å². The number of aryl methyl sites for hydroxylation is 1. The summed E-state index contributed by atoms with van der Waals surface area (Å²) in [7, 11) is 0. The quantitative estimate of drug-likeness (QED) is 0.710. The molecule has 84 valence electrons. The van der Waals surface area contributed by atoms with E-state index in [2.05, 4.69) is 0 Å². The number of allylic oxidation sites excluding steroid dienone is 1. The van der Waals surface area contributed by atoms with Gasteiger partial charge in [-0.15, -0.1) is 0 Å². The van der Waals surface area contributed by atoms with Crippen LogP contribution in [0.25, 0.3) is 6.08 Å². The molecule has 1 aliphatic heterocycles. The molecule has 0 unspecified atom stereocenters. The number of carbonyl (C=O) groups excluding carboxylic acids is 1. The van der Waals surface area contributed by atoms with Gasteiger partial charge in [-0.05, 0) is 37.3 Å². The molecular weight excluding hydrogens is 232 g/mol. The summed E-state index contributed by atoms with van der Waals surface area (Å²) in [6.45, 7) is 1.89. The number of fused-ring (bicyclic) bond motifs is 1. The number of carbonyl (C=O) groups is 1. The van der Waals surface area contributed by atoms with E-state index in [1.165, 1.54) is 11.8 Å². The lowest BCUT2D eigenvalue weighted by Crippen LogP contribution is -1.93. The average molecular weight is 242 g/mol. The molecule has 3 rings (SSSR count). The smallest absolute Gasteiger partial charge is 0.200 e. The molecule has 3 heteroatoms. The topological polar surface area (TPSA) is 30.2 Å². The van der Waals surface area contributed by atoms with Crippen LogP contribution in [-0.4, -0.2) is 5.78 Å². The Hall–Kier alpha value is -1.74. The Morgan fingerprint density at radius 1 is 1.18 bits per heavy atom. The monoisotopic (exact) mass is 242 g/mol. The number of thioether (sulfide) groups is 1. The van der Waals surface area contributed by atoms with Gasteiger partial charge in [-0.1, -0.05) is 23.9 Å². The maximum Gasteiger partial charge on any atom is 0.200 e. The van der Waals surface area contributed by atoms with Gasteiger partial charge in [0.2, 0.25) is 5.78 Å². The first kappa shape index (κ1) is 10.4. The number of Topliss-reactive ketones (excluding diaryl/α,β-unsaturated/α-hetero) is 1. The molecule has 0 aliphatic carbocycles. The Labute approximate surface area is 103 Å². The van der Waals surface area contributed by atoms with Crippen LogP contribution < -0.4 is 0 Å². The highest BCUT2D eigenvalue weighted by Crippen LogP contribution is 2.40. The SMILES string of the molecule is Cc1ccc(/C=C2\Sc3ccccc3C2=O)o1. The largest absolute Gasteiger partial charge is 0.462 e. The van der Waals surface area contributed by atoms with Crippen molar-refractivity contribution in [3.63, 3.8) is 0 Å². The molecule has 2 nitrogen and oxygen atoms in total. The second-order valence-electron chi connectivity index (χ2n) is 3.88. The van der Waals surface area contributed by atoms with Crippen molar-refractivity contribution in [1.82, 2.24) is 0 Å². The van der Waals surface area contributed by atoms with Crippen molar-refractivity contribution in [2.45, 2.75) is 11.8 Å². The number of furan rings is 1. The van der Waals surface area contributed by atoms with E-state index in [0.29, 0.717) is 0 Å². The highest BCUT2D eigenvalue weighted by molar-refractivity contribution is 8.04. The molecule has 0 amide bonds. The lowest BCUT2D eigenvalue weighted by molar-refractivity contribution is 0.104. The minimum Gasteiger partial charge on any atom is -0.462 e. The maximum atomic E-state index is 12.1. The third-order valence-corrected chi connectivity index (χ3v) is 3.71. The number of rotatable bonds is 1. The van der Waals surface area contributed by atoms with Crippen LogP contribution in [0, 0.1) is 6.92 Å². The van der Waals surface area contributed by atoms with Crippen molar-refractivity contribution in [2.75, 3.05) is 0 Å². The molecule has 2 heterocycles. The second kappa shape index (κ2) is 3.93. The van der Waals surface area contributed by atoms with Gasteiger partial charge < -0.3 is 4.42 Å². The number of benzene rings is 1. The van der Waals surface area contributed by atoms with Crippen LogP contribution in [-0.2, 0) is 0 Å². The fraction of sp³-hybridized carbons (Fsp3) is 0.0714. The predicted octanol–water partition coefficient (Wildman–Crippen LogP) is 3.92. The van der Waals surface area contributed by atoms with Gasteiger partial charge in [0, 0.05) is 10.5 Å². The summed E-state index contributed by atoms with van der Waals surface area (Å²) in [4.78, 5) is 13.8. The summed E-state index contributed by atoms with van der Waals surface area (Å²) in [6.07, 6.45) is 1.81. The Morgan fingerprint density at radius 2 is 2.00 bits per heavy atom. The van der Waals surface area contributed by atoms with Gasteiger partial charge in [-0.2, -0.15) is 0 Å². The molecule has 0 spiro atoms. The summed E-state index contributed by atoms with van der Waals surface area (Å²) in [5.41, 5.74) is 0.784. The second-order valence-corrected chi connectivity index (χ2v) is 4.97. The Balaban J connectivity index is 1.99. The summed E-state index contributed by atoms with van der Waals surface area (Å²) < 4.78 is 5.45. The standard InChI is InChI=1S/C14H10O2S/c1-9-6-7-10(16-9)8-13-14(15)11-4-2-3-5-12(11)17-13/h2-8H,1H3/b13-8-. The minimum absolute atomic E-state index is 0.0830. The van der Waals surface area contributed by atoms with Crippen LogP contribution in [0.1, 0.15) is 21.9 Å². The van der Waals surface area contributed by atoms with Crippen molar-refractivity contribution < 1.29 is 9.21 Å². The van der Waals surface area contributed by atoms with Gasteiger partial charge in [0.25, 0.3) is 0 Å². The normalized spacial score (nSPS) is 16.5. The lowest BCUT2D eigenvalue weighted by atomic mass is 10.1. The highest BCUT2D eigenvalue weighted by atomic mass is 32.2. The van der Waals surface area contributed by atoms with Crippen molar-refractivity contribution in [2.24, 2.45) is 0 Å². The van der Waals surface area contributed by atoms with Gasteiger partial charge in [0.15, 0.2) is 0 Å². The van der Waals surface area contributed by atoms with Crippen molar-refractivity contribution >= 4 is 23.6 Å². The number of hydrogen-bond acceptors (Lipinski definition) is 3. The van der Waals surface area contributed by atoms with Crippen LogP contribution in [0.4, 0.5) is 0 Å². The van der Waals surface area contributed by atoms with E-state index in [1.54, 1.807) is 6.08 Å². The van der Waals surface area contributed by atoms with Crippen molar-refractivity contribution in [3.8, 4) is 0 Å². The molecule has 0 bridgehead atoms. The fourth-order valence-electron chi connectivity index (χ4n) is 1.80. The van der Waals surface area contributed by atoms with Gasteiger partial charge in [0.05, 0.1) is 4.91 Å². The molecule has 0 atom stereocenters. The Bertz CT molecular complexity index is 623. The summed E-state index contributed by atoms with van der Waals surface area (Å²) in [5, 5.41) is 0. The first-order chi connectivity index (χ1) is 8.24. The molecule has 0 saturated heterocycles. The van der Waals surface area contributed by atoms with Crippen LogP contribution in [0.15, 0.2) is 50.6 Å². The van der Waals surface area contributed by atoms with E-state index in [-0.39, 0.29) is 5.78 Å². The minimum atomic E-state index is 0.0830. The van der Waals surface area contributed by atoms with E-state index in [4.69, 9.17) is 4.42 Å². The van der Waals surface area contributed by atoms with E-state index in [9.17, 15) is 4.79 Å². The van der Waals surface area contributed by atoms with Gasteiger partial charge in [-0.3, -0.25) is 4.79 Å². The molecule has 0 saturated carbocycles. The fourth-order valence-corrected chi connectivity index (χ4v) is 2.83. The zero-order valence-electron chi connectivity index (χ0n) is 9.27. The molecule has 1 aromatic carbocycles. The molecule has 1 aromatic heterocycles. The molecule has 2 aromatic rings. The zero-order chi connectivity index (χ0) is 11.8. The highest BCUT2D eigenvalue weighted by Gasteiger charge is 2.25. The molecular formula is C14H10O2S. The molecule has 0 fully saturated rings. The summed E-state index contributed by atoms with van der Waals surface area (Å²) >= 11 is 1.50. The Kier molecular flexibility index (Phi) is 2.41. The van der Waals surface area contributed by atoms with Crippen LogP contribution in [0.5, 0.6) is 0 Å². The van der Waals surface area contributed by atoms with E-state index < -0.39 is 0 Å². The first-order valence-corrected chi connectivity index (χ1v) is 6.15. The molecule has 1 aliphatic rings. The third-order valence-electron chi connectivity index (χ3n) is 2.61. The van der Waals surface area contributed by atoms with E-state index >= 15 is 0 Å². The van der Waals surface area contributed by atoms with Crippen molar-refractivity contribution in [1.29, 1.82) is 0 Å². The lowest BCUT2D eigenvalue weighted by Gasteiger charge is -1.91. The third kappa shape index (κ3) is 1.83. The Morgan fingerprint density at radius 3 is 2.71 bits per heavy atom. The molecule has 17 heavy (non-hydrogen) atoms. The number of ketones is 1. The van der Waals surface area contributed by atoms with Crippen LogP contribution in [0.2, 0.25) is 0 Å².